The molecule has 0 amide bonds. The first kappa shape index (κ1) is 16.0. The molecular weight excluding hydrogens is 282 g/mol. The number of aliphatic hydroxyl groups is 1. The summed E-state index contributed by atoms with van der Waals surface area (Å²) in [5, 5.41) is 8.96. The predicted molar refractivity (Wildman–Crippen MR) is 84.7 cm³/mol. The fourth-order valence-corrected chi connectivity index (χ4v) is 1.84. The van der Waals surface area contributed by atoms with Gasteiger partial charge >= 0.3 is 0 Å². The van der Waals surface area contributed by atoms with E-state index in [0.717, 1.165) is 5.75 Å². The van der Waals surface area contributed by atoms with E-state index in [1.807, 2.05) is 50.1 Å². The summed E-state index contributed by atoms with van der Waals surface area (Å²) in [6.45, 7) is 4.52. The Labute approximate surface area is 130 Å². The Balaban J connectivity index is 2.05. The second-order valence-electron chi connectivity index (χ2n) is 5.10. The highest BCUT2D eigenvalue weighted by molar-refractivity contribution is 5.41. The van der Waals surface area contributed by atoms with Crippen molar-refractivity contribution in [2.24, 2.45) is 0 Å². The summed E-state index contributed by atoms with van der Waals surface area (Å²) in [7, 11) is 1.85. The first-order valence-electron chi connectivity index (χ1n) is 7.17. The molecule has 6 nitrogen and oxygen atoms in total. The summed E-state index contributed by atoms with van der Waals surface area (Å²) in [5.74, 6) is 2.62. The van der Waals surface area contributed by atoms with Crippen LogP contribution in [0.3, 0.4) is 0 Å². The molecule has 1 heterocycles. The van der Waals surface area contributed by atoms with E-state index in [2.05, 4.69) is 9.97 Å². The van der Waals surface area contributed by atoms with Crippen LogP contribution in [0.5, 0.6) is 17.4 Å². The van der Waals surface area contributed by atoms with Crippen molar-refractivity contribution in [3.05, 3.63) is 36.7 Å². The summed E-state index contributed by atoms with van der Waals surface area (Å²) in [6, 6.07) is 9.10. The number of hydrogen-bond acceptors (Lipinski definition) is 6. The van der Waals surface area contributed by atoms with Gasteiger partial charge in [0.15, 0.2) is 0 Å². The number of aliphatic hydroxyl groups excluding tert-OH is 1. The molecule has 0 aliphatic carbocycles. The van der Waals surface area contributed by atoms with Gasteiger partial charge in [0, 0.05) is 19.7 Å². The highest BCUT2D eigenvalue weighted by atomic mass is 16.5. The van der Waals surface area contributed by atoms with Crippen LogP contribution in [0.2, 0.25) is 0 Å². The number of hydrogen-bond donors (Lipinski definition) is 1. The van der Waals surface area contributed by atoms with Gasteiger partial charge in [-0.3, -0.25) is 0 Å². The van der Waals surface area contributed by atoms with Gasteiger partial charge in [-0.15, -0.1) is 0 Å². The van der Waals surface area contributed by atoms with Crippen LogP contribution in [0, 0.1) is 0 Å². The third kappa shape index (κ3) is 4.60. The number of benzene rings is 1. The van der Waals surface area contributed by atoms with Crippen LogP contribution < -0.4 is 14.4 Å². The van der Waals surface area contributed by atoms with E-state index in [1.54, 1.807) is 6.07 Å². The van der Waals surface area contributed by atoms with Crippen LogP contribution in [0.25, 0.3) is 0 Å². The molecule has 0 spiro atoms. The number of likely N-dealkylation sites (N-methyl/N-ethyl adjacent to an activating group) is 1. The van der Waals surface area contributed by atoms with E-state index in [1.165, 1.54) is 6.33 Å². The van der Waals surface area contributed by atoms with Gasteiger partial charge in [-0.25, -0.2) is 9.97 Å². The fourth-order valence-electron chi connectivity index (χ4n) is 1.84. The molecule has 1 aromatic carbocycles. The van der Waals surface area contributed by atoms with Crippen LogP contribution in [0.4, 0.5) is 5.82 Å². The molecule has 118 valence electrons. The smallest absolute Gasteiger partial charge is 0.224 e. The highest BCUT2D eigenvalue weighted by Gasteiger charge is 2.06. The summed E-state index contributed by atoms with van der Waals surface area (Å²) in [4.78, 5) is 10.1. The largest absolute Gasteiger partial charge is 0.491 e. The predicted octanol–water partition coefficient (Wildman–Crippen LogP) is 2.48. The third-order valence-corrected chi connectivity index (χ3v) is 2.87. The Hall–Kier alpha value is -2.34. The van der Waals surface area contributed by atoms with Crippen molar-refractivity contribution in [3.8, 4) is 17.4 Å². The van der Waals surface area contributed by atoms with Gasteiger partial charge in [0.1, 0.15) is 23.6 Å². The monoisotopic (exact) mass is 303 g/mol. The molecule has 0 saturated carbocycles. The van der Waals surface area contributed by atoms with Gasteiger partial charge in [-0.05, 0) is 38.1 Å². The lowest BCUT2D eigenvalue weighted by atomic mass is 10.3. The van der Waals surface area contributed by atoms with E-state index in [9.17, 15) is 0 Å². The molecule has 1 N–H and O–H groups in total. The maximum Gasteiger partial charge on any atom is 0.224 e. The first-order valence-corrected chi connectivity index (χ1v) is 7.17. The van der Waals surface area contributed by atoms with Gasteiger partial charge < -0.3 is 19.5 Å². The van der Waals surface area contributed by atoms with Crippen LogP contribution in [-0.4, -0.2) is 41.4 Å². The molecule has 0 radical (unpaired) electrons. The zero-order valence-corrected chi connectivity index (χ0v) is 13.1. The molecule has 22 heavy (non-hydrogen) atoms. The Morgan fingerprint density at radius 3 is 2.45 bits per heavy atom. The Bertz CT molecular complexity index is 587. The average molecular weight is 303 g/mol. The van der Waals surface area contributed by atoms with Crippen LogP contribution in [0.1, 0.15) is 13.8 Å². The Kier molecular flexibility index (Phi) is 5.55. The average Bonchev–Trinajstić information content (AvgIpc) is 2.49. The van der Waals surface area contributed by atoms with Crippen molar-refractivity contribution in [1.82, 2.24) is 9.97 Å². The quantitative estimate of drug-likeness (QED) is 0.847. The SMILES string of the molecule is CC(C)Oc1ccc(Oc2cc(N(C)CCO)ncn2)cc1. The maximum atomic E-state index is 8.96. The molecule has 0 atom stereocenters. The van der Waals surface area contributed by atoms with E-state index < -0.39 is 0 Å². The minimum Gasteiger partial charge on any atom is -0.491 e. The maximum absolute atomic E-state index is 8.96. The lowest BCUT2D eigenvalue weighted by Gasteiger charge is -2.16. The van der Waals surface area contributed by atoms with Gasteiger partial charge in [-0.1, -0.05) is 0 Å². The molecule has 0 saturated heterocycles. The van der Waals surface area contributed by atoms with E-state index in [4.69, 9.17) is 14.6 Å². The minimum absolute atomic E-state index is 0.0635. The van der Waals surface area contributed by atoms with Crippen molar-refractivity contribution in [2.75, 3.05) is 25.1 Å². The number of nitrogens with zero attached hydrogens (tertiary/aromatic N) is 3. The number of aromatic nitrogens is 2. The lowest BCUT2D eigenvalue weighted by molar-refractivity contribution is 0.242. The van der Waals surface area contributed by atoms with Crippen molar-refractivity contribution in [3.63, 3.8) is 0 Å². The molecule has 0 aliphatic heterocycles. The van der Waals surface area contributed by atoms with Gasteiger partial charge in [-0.2, -0.15) is 0 Å². The molecule has 0 bridgehead atoms. The van der Waals surface area contributed by atoms with Crippen LogP contribution in [-0.2, 0) is 0 Å². The summed E-state index contributed by atoms with van der Waals surface area (Å²) in [5.41, 5.74) is 0. The molecule has 6 heteroatoms. The van der Waals surface area contributed by atoms with Gasteiger partial charge in [0.25, 0.3) is 0 Å². The molecule has 2 rings (SSSR count). The number of anilines is 1. The standard InChI is InChI=1S/C16H21N3O3/c1-12(2)21-13-4-6-14(7-5-13)22-16-10-15(17-11-18-16)19(3)8-9-20/h4-7,10-12,20H,8-9H2,1-3H3. The van der Waals surface area contributed by atoms with E-state index >= 15 is 0 Å². The number of rotatable bonds is 7. The molecule has 0 unspecified atom stereocenters. The van der Waals surface area contributed by atoms with Crippen LogP contribution in [0.15, 0.2) is 36.7 Å². The normalized spacial score (nSPS) is 10.6. The zero-order valence-electron chi connectivity index (χ0n) is 13.1. The second kappa shape index (κ2) is 7.61. The number of ether oxygens (including phenoxy) is 2. The molecule has 2 aromatic rings. The van der Waals surface area contributed by atoms with Crippen molar-refractivity contribution >= 4 is 5.82 Å². The Morgan fingerprint density at radius 2 is 1.82 bits per heavy atom. The Morgan fingerprint density at radius 1 is 1.14 bits per heavy atom. The molecule has 1 aromatic heterocycles. The van der Waals surface area contributed by atoms with Crippen molar-refractivity contribution < 1.29 is 14.6 Å². The third-order valence-electron chi connectivity index (χ3n) is 2.87. The van der Waals surface area contributed by atoms with E-state index in [0.29, 0.717) is 24.0 Å². The summed E-state index contributed by atoms with van der Waals surface area (Å²) >= 11 is 0. The zero-order chi connectivity index (χ0) is 15.9. The summed E-state index contributed by atoms with van der Waals surface area (Å²) in [6.07, 6.45) is 1.58. The second-order valence-corrected chi connectivity index (χ2v) is 5.10. The van der Waals surface area contributed by atoms with Gasteiger partial charge in [0.2, 0.25) is 5.88 Å². The first-order chi connectivity index (χ1) is 10.6. The molecule has 0 aliphatic rings. The van der Waals surface area contributed by atoms with E-state index in [-0.39, 0.29) is 12.7 Å². The van der Waals surface area contributed by atoms with Crippen LogP contribution >= 0.6 is 0 Å². The molecular formula is C16H21N3O3. The lowest BCUT2D eigenvalue weighted by Crippen LogP contribution is -2.22. The topological polar surface area (TPSA) is 67.7 Å². The van der Waals surface area contributed by atoms with Crippen molar-refractivity contribution in [1.29, 1.82) is 0 Å². The fraction of sp³-hybridized carbons (Fsp3) is 0.375. The highest BCUT2D eigenvalue weighted by Crippen LogP contribution is 2.24. The summed E-state index contributed by atoms with van der Waals surface area (Å²) < 4.78 is 11.3. The van der Waals surface area contributed by atoms with Crippen molar-refractivity contribution in [2.45, 2.75) is 20.0 Å². The van der Waals surface area contributed by atoms with Gasteiger partial charge in [0.05, 0.1) is 12.7 Å². The minimum atomic E-state index is 0.0635. The molecule has 0 fully saturated rings.